The lowest BCUT2D eigenvalue weighted by Crippen LogP contribution is -2.48. The molecule has 1 fully saturated rings. The maximum absolute atomic E-state index is 5.95. The number of nitrogens with one attached hydrogen (secondary N) is 1. The largest absolute Gasteiger partial charge is 0.362 e. The van der Waals surface area contributed by atoms with Crippen LogP contribution in [0.3, 0.4) is 0 Å². The van der Waals surface area contributed by atoms with Gasteiger partial charge >= 0.3 is 0 Å². The Morgan fingerprint density at radius 2 is 2.06 bits per heavy atom. The fraction of sp³-hybridized carbons (Fsp3) is 0.692. The van der Waals surface area contributed by atoms with Crippen LogP contribution in [0.5, 0.6) is 0 Å². The van der Waals surface area contributed by atoms with Crippen LogP contribution < -0.4 is 11.1 Å². The molecule has 0 saturated heterocycles. The van der Waals surface area contributed by atoms with Crippen LogP contribution in [-0.2, 0) is 0 Å². The van der Waals surface area contributed by atoms with E-state index in [0.717, 1.165) is 30.3 Å². The molecular formula is C13H22N4. The van der Waals surface area contributed by atoms with Crippen LogP contribution in [0.15, 0.2) is 12.1 Å². The van der Waals surface area contributed by atoms with Crippen molar-refractivity contribution in [2.75, 3.05) is 11.9 Å². The van der Waals surface area contributed by atoms with Gasteiger partial charge in [0.1, 0.15) is 5.82 Å². The molecule has 3 N–H and O–H groups in total. The van der Waals surface area contributed by atoms with E-state index in [0.29, 0.717) is 6.54 Å². The van der Waals surface area contributed by atoms with Gasteiger partial charge in [-0.2, -0.15) is 5.10 Å². The summed E-state index contributed by atoms with van der Waals surface area (Å²) in [6.45, 7) is 4.92. The molecule has 1 aromatic rings. The number of aryl methyl sites for hydroxylation is 1. The Labute approximate surface area is 103 Å². The molecule has 4 nitrogen and oxygen atoms in total. The predicted octanol–water partition coefficient (Wildman–Crippen LogP) is 2.10. The minimum atomic E-state index is 0.0243. The molecule has 0 radical (unpaired) electrons. The molecule has 1 aromatic heterocycles. The smallest absolute Gasteiger partial charge is 0.149 e. The molecule has 1 aliphatic carbocycles. The average molecular weight is 234 g/mol. The summed E-state index contributed by atoms with van der Waals surface area (Å²) in [5.74, 6) is 1.66. The van der Waals surface area contributed by atoms with E-state index in [1.807, 2.05) is 19.1 Å². The molecule has 0 unspecified atom stereocenters. The van der Waals surface area contributed by atoms with Crippen LogP contribution in [0.1, 0.15) is 38.3 Å². The second kappa shape index (κ2) is 5.00. The third-order valence-electron chi connectivity index (χ3n) is 3.81. The highest BCUT2D eigenvalue weighted by molar-refractivity contribution is 5.37. The molecule has 0 aromatic carbocycles. The van der Waals surface area contributed by atoms with Crippen molar-refractivity contribution in [2.45, 2.75) is 45.1 Å². The predicted molar refractivity (Wildman–Crippen MR) is 69.8 cm³/mol. The topological polar surface area (TPSA) is 63.8 Å². The highest BCUT2D eigenvalue weighted by Crippen LogP contribution is 2.33. The van der Waals surface area contributed by atoms with Crippen molar-refractivity contribution in [3.63, 3.8) is 0 Å². The fourth-order valence-corrected chi connectivity index (χ4v) is 2.43. The van der Waals surface area contributed by atoms with Crippen LogP contribution in [0.2, 0.25) is 0 Å². The molecule has 2 rings (SSSR count). The molecule has 0 spiro atoms. The van der Waals surface area contributed by atoms with Gasteiger partial charge in [-0.05, 0) is 50.7 Å². The van der Waals surface area contributed by atoms with Gasteiger partial charge in [-0.25, -0.2) is 0 Å². The molecular weight excluding hydrogens is 212 g/mol. The molecule has 0 amide bonds. The highest BCUT2D eigenvalue weighted by atomic mass is 15.2. The van der Waals surface area contributed by atoms with Crippen molar-refractivity contribution in [1.29, 1.82) is 0 Å². The van der Waals surface area contributed by atoms with Gasteiger partial charge in [-0.15, -0.1) is 5.10 Å². The molecule has 0 aliphatic heterocycles. The molecule has 0 atom stereocenters. The van der Waals surface area contributed by atoms with E-state index in [2.05, 4.69) is 22.4 Å². The number of aromatic nitrogens is 2. The summed E-state index contributed by atoms with van der Waals surface area (Å²) in [5.41, 5.74) is 6.91. The maximum atomic E-state index is 5.95. The zero-order valence-corrected chi connectivity index (χ0v) is 10.7. The summed E-state index contributed by atoms with van der Waals surface area (Å²) in [6.07, 6.45) is 4.73. The van der Waals surface area contributed by atoms with Gasteiger partial charge in [0.05, 0.1) is 11.2 Å². The maximum Gasteiger partial charge on any atom is 0.149 e. The SMILES string of the molecule is Cc1ccc(NC2(CN)CCC(C)CC2)nn1. The van der Waals surface area contributed by atoms with Gasteiger partial charge in [-0.3, -0.25) is 0 Å². The van der Waals surface area contributed by atoms with Gasteiger partial charge in [0.25, 0.3) is 0 Å². The third kappa shape index (κ3) is 2.94. The Kier molecular flexibility index (Phi) is 3.62. The second-order valence-corrected chi connectivity index (χ2v) is 5.35. The minimum absolute atomic E-state index is 0.0243. The summed E-state index contributed by atoms with van der Waals surface area (Å²) in [6, 6.07) is 3.96. The second-order valence-electron chi connectivity index (χ2n) is 5.35. The first-order valence-electron chi connectivity index (χ1n) is 6.42. The van der Waals surface area contributed by atoms with Crippen molar-refractivity contribution >= 4 is 5.82 Å². The number of hydrogen-bond donors (Lipinski definition) is 2. The quantitative estimate of drug-likeness (QED) is 0.840. The van der Waals surface area contributed by atoms with Crippen LogP contribution in [-0.4, -0.2) is 22.3 Å². The van der Waals surface area contributed by atoms with Crippen molar-refractivity contribution < 1.29 is 0 Å². The van der Waals surface area contributed by atoms with E-state index < -0.39 is 0 Å². The van der Waals surface area contributed by atoms with Gasteiger partial charge in [0, 0.05) is 6.54 Å². The van der Waals surface area contributed by atoms with Crippen molar-refractivity contribution in [1.82, 2.24) is 10.2 Å². The Balaban J connectivity index is 2.06. The Bertz CT molecular complexity index is 352. The van der Waals surface area contributed by atoms with E-state index in [4.69, 9.17) is 5.73 Å². The lowest BCUT2D eigenvalue weighted by Gasteiger charge is -2.39. The van der Waals surface area contributed by atoms with E-state index in [9.17, 15) is 0 Å². The lowest BCUT2D eigenvalue weighted by molar-refractivity contribution is 0.271. The molecule has 0 bridgehead atoms. The third-order valence-corrected chi connectivity index (χ3v) is 3.81. The summed E-state index contributed by atoms with van der Waals surface area (Å²) in [7, 11) is 0. The Morgan fingerprint density at radius 1 is 1.35 bits per heavy atom. The van der Waals surface area contributed by atoms with Gasteiger partial charge < -0.3 is 11.1 Å². The number of nitrogens with zero attached hydrogens (tertiary/aromatic N) is 2. The average Bonchev–Trinajstić information content (AvgIpc) is 2.35. The van der Waals surface area contributed by atoms with Gasteiger partial charge in [0.2, 0.25) is 0 Å². The summed E-state index contributed by atoms with van der Waals surface area (Å²) in [4.78, 5) is 0. The van der Waals surface area contributed by atoms with E-state index in [-0.39, 0.29) is 5.54 Å². The molecule has 1 saturated carbocycles. The fourth-order valence-electron chi connectivity index (χ4n) is 2.43. The molecule has 1 aliphatic rings. The number of hydrogen-bond acceptors (Lipinski definition) is 4. The van der Waals surface area contributed by atoms with Crippen LogP contribution in [0.4, 0.5) is 5.82 Å². The lowest BCUT2D eigenvalue weighted by atomic mass is 9.77. The van der Waals surface area contributed by atoms with Crippen molar-refractivity contribution in [2.24, 2.45) is 11.7 Å². The van der Waals surface area contributed by atoms with Crippen LogP contribution in [0, 0.1) is 12.8 Å². The molecule has 1 heterocycles. The summed E-state index contributed by atoms with van der Waals surface area (Å²) >= 11 is 0. The Hall–Kier alpha value is -1.16. The van der Waals surface area contributed by atoms with Gasteiger partial charge in [-0.1, -0.05) is 6.92 Å². The zero-order valence-electron chi connectivity index (χ0n) is 10.7. The number of anilines is 1. The normalized spacial score (nSPS) is 29.0. The minimum Gasteiger partial charge on any atom is -0.362 e. The standard InChI is InChI=1S/C13H22N4/c1-10-5-7-13(9-14,8-6-10)15-12-4-3-11(2)16-17-12/h3-4,10H,5-9,14H2,1-2H3,(H,15,17). The van der Waals surface area contributed by atoms with E-state index in [1.54, 1.807) is 0 Å². The first kappa shape index (κ1) is 12.3. The molecule has 4 heteroatoms. The first-order chi connectivity index (χ1) is 8.13. The molecule has 17 heavy (non-hydrogen) atoms. The number of rotatable bonds is 3. The monoisotopic (exact) mass is 234 g/mol. The van der Waals surface area contributed by atoms with E-state index >= 15 is 0 Å². The van der Waals surface area contributed by atoms with Crippen LogP contribution >= 0.6 is 0 Å². The van der Waals surface area contributed by atoms with E-state index in [1.165, 1.54) is 12.8 Å². The zero-order chi connectivity index (χ0) is 12.3. The van der Waals surface area contributed by atoms with Crippen LogP contribution in [0.25, 0.3) is 0 Å². The first-order valence-corrected chi connectivity index (χ1v) is 6.42. The summed E-state index contributed by atoms with van der Waals surface area (Å²) < 4.78 is 0. The molecule has 94 valence electrons. The van der Waals surface area contributed by atoms with Gasteiger partial charge in [0.15, 0.2) is 0 Å². The summed E-state index contributed by atoms with van der Waals surface area (Å²) in [5, 5.41) is 11.7. The highest BCUT2D eigenvalue weighted by Gasteiger charge is 2.33. The van der Waals surface area contributed by atoms with Crippen molar-refractivity contribution in [3.05, 3.63) is 17.8 Å². The van der Waals surface area contributed by atoms with Crippen molar-refractivity contribution in [3.8, 4) is 0 Å². The number of nitrogens with two attached hydrogens (primary N) is 1. The Morgan fingerprint density at radius 3 is 2.59 bits per heavy atom.